The minimum atomic E-state index is -0.330. The number of aryl methyl sites for hydroxylation is 2. The number of carbonyl (C=O) groups excluding carboxylic acids is 2. The molecule has 0 atom stereocenters. The Hall–Kier alpha value is -3.02. The largest absolute Gasteiger partial charge is 0.447 e. The Balaban J connectivity index is 1.42. The van der Waals surface area contributed by atoms with Crippen molar-refractivity contribution in [3.8, 4) is 0 Å². The van der Waals surface area contributed by atoms with Gasteiger partial charge in [-0.3, -0.25) is 9.69 Å². The highest BCUT2D eigenvalue weighted by molar-refractivity contribution is 5.95. The molecule has 4 rings (SSSR count). The lowest BCUT2D eigenvalue weighted by molar-refractivity contribution is 0.0767. The molecule has 0 unspecified atom stereocenters. The van der Waals surface area contributed by atoms with Gasteiger partial charge in [0.25, 0.3) is 5.91 Å². The molecule has 2 aromatic carbocycles. The molecule has 0 spiro atoms. The number of nitrogens with zero attached hydrogens (tertiary/aromatic N) is 3. The van der Waals surface area contributed by atoms with Crippen molar-refractivity contribution in [2.24, 2.45) is 0 Å². The lowest BCUT2D eigenvalue weighted by atomic mass is 10.1. The summed E-state index contributed by atoms with van der Waals surface area (Å²) in [7, 11) is 0. The Kier molecular flexibility index (Phi) is 5.43. The minimum Gasteiger partial charge on any atom is -0.447 e. The van der Waals surface area contributed by atoms with Gasteiger partial charge in [-0.15, -0.1) is 0 Å². The maximum absolute atomic E-state index is 13.0. The third kappa shape index (κ3) is 4.06. The second kappa shape index (κ2) is 8.15. The average molecular weight is 393 g/mol. The summed E-state index contributed by atoms with van der Waals surface area (Å²) in [5.41, 5.74) is 5.22. The van der Waals surface area contributed by atoms with Crippen LogP contribution in [0.25, 0.3) is 0 Å². The van der Waals surface area contributed by atoms with E-state index >= 15 is 0 Å². The fraction of sp³-hybridized carbons (Fsp3) is 0.391. The zero-order valence-corrected chi connectivity index (χ0v) is 17.1. The van der Waals surface area contributed by atoms with E-state index in [4.69, 9.17) is 4.74 Å². The number of hydrogen-bond acceptors (Lipinski definition) is 4. The van der Waals surface area contributed by atoms with Crippen molar-refractivity contribution in [1.82, 2.24) is 4.90 Å². The molecule has 152 valence electrons. The van der Waals surface area contributed by atoms with Crippen LogP contribution in [-0.4, -0.2) is 56.2 Å². The smallest absolute Gasteiger partial charge is 0.414 e. The molecule has 2 aromatic rings. The van der Waals surface area contributed by atoms with Crippen molar-refractivity contribution in [1.29, 1.82) is 0 Å². The van der Waals surface area contributed by atoms with Gasteiger partial charge >= 0.3 is 6.09 Å². The summed E-state index contributed by atoms with van der Waals surface area (Å²) in [6.45, 7) is 8.44. The van der Waals surface area contributed by atoms with Crippen LogP contribution < -0.4 is 9.80 Å². The van der Waals surface area contributed by atoms with Crippen LogP contribution in [0.2, 0.25) is 0 Å². The molecule has 0 aliphatic carbocycles. The standard InChI is InChI=1S/C23H27N3O3/c1-17-4-9-21(18(2)16-17)24-10-3-11-25(13-12-24)22(27)19-5-7-20(8-6-19)26-14-15-29-23(26)28/h4-9,16H,3,10-15H2,1-2H3. The monoisotopic (exact) mass is 393 g/mol. The summed E-state index contributed by atoms with van der Waals surface area (Å²) in [5, 5.41) is 0. The molecule has 0 N–H and O–H groups in total. The molecular formula is C23H27N3O3. The molecule has 0 bridgehead atoms. The molecule has 29 heavy (non-hydrogen) atoms. The number of anilines is 2. The summed E-state index contributed by atoms with van der Waals surface area (Å²) in [6.07, 6.45) is 0.611. The predicted octanol–water partition coefficient (Wildman–Crippen LogP) is 3.61. The molecule has 6 nitrogen and oxygen atoms in total. The summed E-state index contributed by atoms with van der Waals surface area (Å²) in [6, 6.07) is 13.8. The summed E-state index contributed by atoms with van der Waals surface area (Å²) in [5.74, 6) is 0.0445. The Bertz CT molecular complexity index is 910. The van der Waals surface area contributed by atoms with Crippen LogP contribution in [0.4, 0.5) is 16.2 Å². The maximum Gasteiger partial charge on any atom is 0.414 e. The van der Waals surface area contributed by atoms with Gasteiger partial charge in [-0.25, -0.2) is 4.79 Å². The Morgan fingerprint density at radius 1 is 0.931 bits per heavy atom. The number of carbonyl (C=O) groups is 2. The second-order valence-corrected chi connectivity index (χ2v) is 7.74. The molecule has 0 aromatic heterocycles. The van der Waals surface area contributed by atoms with Gasteiger partial charge in [0.15, 0.2) is 0 Å². The van der Waals surface area contributed by atoms with Crippen molar-refractivity contribution >= 4 is 23.4 Å². The first-order chi connectivity index (χ1) is 14.0. The first-order valence-corrected chi connectivity index (χ1v) is 10.2. The number of rotatable bonds is 3. The van der Waals surface area contributed by atoms with E-state index in [1.165, 1.54) is 16.8 Å². The lowest BCUT2D eigenvalue weighted by Crippen LogP contribution is -2.35. The van der Waals surface area contributed by atoms with Gasteiger partial charge in [-0.2, -0.15) is 0 Å². The van der Waals surface area contributed by atoms with Gasteiger partial charge in [-0.05, 0) is 56.2 Å². The summed E-state index contributed by atoms with van der Waals surface area (Å²) >= 11 is 0. The molecule has 2 saturated heterocycles. The fourth-order valence-corrected chi connectivity index (χ4v) is 4.12. The molecule has 0 radical (unpaired) electrons. The average Bonchev–Trinajstić information content (AvgIpc) is 3.00. The van der Waals surface area contributed by atoms with Crippen molar-refractivity contribution in [3.05, 3.63) is 59.2 Å². The quantitative estimate of drug-likeness (QED) is 0.799. The van der Waals surface area contributed by atoms with Gasteiger partial charge in [0.2, 0.25) is 0 Å². The third-order valence-electron chi connectivity index (χ3n) is 5.66. The lowest BCUT2D eigenvalue weighted by Gasteiger charge is -2.25. The Labute approximate surface area is 171 Å². The van der Waals surface area contributed by atoms with E-state index in [-0.39, 0.29) is 12.0 Å². The fourth-order valence-electron chi connectivity index (χ4n) is 4.12. The van der Waals surface area contributed by atoms with Crippen LogP contribution in [0.3, 0.4) is 0 Å². The van der Waals surface area contributed by atoms with E-state index in [9.17, 15) is 9.59 Å². The Morgan fingerprint density at radius 2 is 1.72 bits per heavy atom. The maximum atomic E-state index is 13.0. The zero-order valence-electron chi connectivity index (χ0n) is 17.1. The highest BCUT2D eigenvalue weighted by Crippen LogP contribution is 2.24. The molecular weight excluding hydrogens is 366 g/mol. The highest BCUT2D eigenvalue weighted by atomic mass is 16.6. The topological polar surface area (TPSA) is 53.1 Å². The van der Waals surface area contributed by atoms with E-state index in [2.05, 4.69) is 36.9 Å². The number of amides is 2. The molecule has 2 heterocycles. The van der Waals surface area contributed by atoms with Crippen LogP contribution >= 0.6 is 0 Å². The Morgan fingerprint density at radius 3 is 2.41 bits per heavy atom. The molecule has 2 fully saturated rings. The van der Waals surface area contributed by atoms with E-state index in [1.807, 2.05) is 17.0 Å². The van der Waals surface area contributed by atoms with Crippen molar-refractivity contribution in [2.45, 2.75) is 20.3 Å². The van der Waals surface area contributed by atoms with Crippen LogP contribution in [0.15, 0.2) is 42.5 Å². The van der Waals surface area contributed by atoms with E-state index < -0.39 is 0 Å². The number of hydrogen-bond donors (Lipinski definition) is 0. The summed E-state index contributed by atoms with van der Waals surface area (Å²) < 4.78 is 4.98. The van der Waals surface area contributed by atoms with E-state index in [0.717, 1.165) is 31.7 Å². The second-order valence-electron chi connectivity index (χ2n) is 7.74. The number of benzene rings is 2. The zero-order chi connectivity index (χ0) is 20.4. The van der Waals surface area contributed by atoms with Crippen LogP contribution in [0.5, 0.6) is 0 Å². The van der Waals surface area contributed by atoms with Crippen LogP contribution in [-0.2, 0) is 4.74 Å². The van der Waals surface area contributed by atoms with Gasteiger partial charge in [0.1, 0.15) is 6.61 Å². The molecule has 0 saturated carbocycles. The first-order valence-electron chi connectivity index (χ1n) is 10.2. The van der Waals surface area contributed by atoms with Gasteiger partial charge in [0, 0.05) is 43.1 Å². The van der Waals surface area contributed by atoms with Crippen LogP contribution in [0.1, 0.15) is 27.9 Å². The van der Waals surface area contributed by atoms with Gasteiger partial charge in [-0.1, -0.05) is 17.7 Å². The van der Waals surface area contributed by atoms with E-state index in [1.54, 1.807) is 17.0 Å². The first kappa shape index (κ1) is 19.3. The van der Waals surface area contributed by atoms with Gasteiger partial charge < -0.3 is 14.5 Å². The number of ether oxygens (including phenoxy) is 1. The van der Waals surface area contributed by atoms with Gasteiger partial charge in [0.05, 0.1) is 6.54 Å². The minimum absolute atomic E-state index is 0.0445. The normalized spacial score (nSPS) is 17.3. The predicted molar refractivity (Wildman–Crippen MR) is 114 cm³/mol. The SMILES string of the molecule is Cc1ccc(N2CCCN(C(=O)c3ccc(N4CCOC4=O)cc3)CC2)c(C)c1. The third-order valence-corrected chi connectivity index (χ3v) is 5.66. The molecule has 2 amide bonds. The summed E-state index contributed by atoms with van der Waals surface area (Å²) in [4.78, 5) is 30.6. The van der Waals surface area contributed by atoms with Crippen molar-refractivity contribution < 1.29 is 14.3 Å². The highest BCUT2D eigenvalue weighted by Gasteiger charge is 2.25. The van der Waals surface area contributed by atoms with Crippen molar-refractivity contribution in [2.75, 3.05) is 49.1 Å². The van der Waals surface area contributed by atoms with Crippen molar-refractivity contribution in [3.63, 3.8) is 0 Å². The molecule has 2 aliphatic heterocycles. The number of cyclic esters (lactones) is 1. The molecule has 2 aliphatic rings. The van der Waals surface area contributed by atoms with E-state index in [0.29, 0.717) is 25.3 Å². The molecule has 6 heteroatoms. The van der Waals surface area contributed by atoms with Crippen LogP contribution in [0, 0.1) is 13.8 Å².